The number of aromatic nitrogens is 1. The molecule has 1 aromatic heterocycles. The Labute approximate surface area is 169 Å². The van der Waals surface area contributed by atoms with Crippen molar-refractivity contribution >= 4 is 27.6 Å². The summed E-state index contributed by atoms with van der Waals surface area (Å²) in [5.41, 5.74) is 2.69. The molecule has 5 nitrogen and oxygen atoms in total. The highest BCUT2D eigenvalue weighted by molar-refractivity contribution is 5.88. The van der Waals surface area contributed by atoms with Crippen LogP contribution in [-0.2, 0) is 11.4 Å². The van der Waals surface area contributed by atoms with Gasteiger partial charge >= 0.3 is 0 Å². The lowest BCUT2D eigenvalue weighted by Crippen LogP contribution is -2.27. The van der Waals surface area contributed by atoms with E-state index in [9.17, 15) is 10.0 Å². The summed E-state index contributed by atoms with van der Waals surface area (Å²) in [7, 11) is 1.34. The predicted octanol–water partition coefficient (Wildman–Crippen LogP) is 4.92. The van der Waals surface area contributed by atoms with E-state index in [-0.39, 0.29) is 5.91 Å². The fraction of sp³-hybridized carbons (Fsp3) is 0.167. The third kappa shape index (κ3) is 4.05. The lowest BCUT2D eigenvalue weighted by Gasteiger charge is -2.16. The summed E-state index contributed by atoms with van der Waals surface area (Å²) >= 11 is 0. The number of carbonyl (C=O) groups excluding carboxylic acids is 1. The molecule has 146 valence electrons. The van der Waals surface area contributed by atoms with Crippen LogP contribution in [-0.4, -0.2) is 28.2 Å². The van der Waals surface area contributed by atoms with Gasteiger partial charge in [-0.05, 0) is 47.5 Å². The molecule has 0 aliphatic heterocycles. The highest BCUT2D eigenvalue weighted by atomic mass is 16.5. The fourth-order valence-electron chi connectivity index (χ4n) is 3.37. The van der Waals surface area contributed by atoms with Gasteiger partial charge in [0.05, 0.1) is 17.1 Å². The molecule has 3 aromatic carbocycles. The number of rotatable bonds is 5. The Kier molecular flexibility index (Phi) is 5.14. The summed E-state index contributed by atoms with van der Waals surface area (Å²) in [4.78, 5) is 16.6. The smallest absolute Gasteiger partial charge is 0.252 e. The molecule has 0 unspecified atom stereocenters. The van der Waals surface area contributed by atoms with Crippen LogP contribution < -0.4 is 4.74 Å². The minimum absolute atomic E-state index is 0.341. The quantitative estimate of drug-likeness (QED) is 0.391. The Morgan fingerprint density at radius 2 is 1.72 bits per heavy atom. The molecule has 1 N–H and O–H groups in total. The van der Waals surface area contributed by atoms with Crippen LogP contribution in [0.15, 0.2) is 72.8 Å². The molecule has 4 aromatic rings. The van der Waals surface area contributed by atoms with Crippen LogP contribution in [0.1, 0.15) is 24.1 Å². The Hall–Kier alpha value is -3.44. The van der Waals surface area contributed by atoms with E-state index < -0.39 is 5.92 Å². The average Bonchev–Trinajstić information content (AvgIpc) is 2.76. The monoisotopic (exact) mass is 386 g/mol. The molecule has 0 saturated heterocycles. The van der Waals surface area contributed by atoms with Gasteiger partial charge in [-0.2, -0.15) is 0 Å². The number of amides is 1. The first kappa shape index (κ1) is 18.9. The molecule has 1 atom stereocenters. The van der Waals surface area contributed by atoms with Gasteiger partial charge in [0.2, 0.25) is 0 Å². The van der Waals surface area contributed by atoms with Gasteiger partial charge in [0.25, 0.3) is 5.91 Å². The number of pyridine rings is 1. The molecule has 0 aliphatic rings. The van der Waals surface area contributed by atoms with Crippen LogP contribution in [0.2, 0.25) is 0 Å². The Bertz CT molecular complexity index is 1190. The molecule has 4 rings (SSSR count). The standard InChI is InChI=1S/C24H22N2O3/c1-16(24(27)26(2)28)18-7-8-20-14-22(12-10-19(20)13-18)29-15-21-11-9-17-5-3-4-6-23(17)25-21/h3-14,16,28H,15H2,1-2H3/t16-/m0/s1. The van der Waals surface area contributed by atoms with Gasteiger partial charge in [0.1, 0.15) is 12.4 Å². The van der Waals surface area contributed by atoms with Crippen molar-refractivity contribution < 1.29 is 14.7 Å². The Balaban J connectivity index is 1.51. The predicted molar refractivity (Wildman–Crippen MR) is 113 cm³/mol. The highest BCUT2D eigenvalue weighted by Gasteiger charge is 2.18. The van der Waals surface area contributed by atoms with Crippen molar-refractivity contribution in [3.05, 3.63) is 84.1 Å². The average molecular weight is 386 g/mol. The zero-order valence-corrected chi connectivity index (χ0v) is 16.4. The molecule has 0 radical (unpaired) electrons. The van der Waals surface area contributed by atoms with Gasteiger partial charge in [-0.3, -0.25) is 10.0 Å². The summed E-state index contributed by atoms with van der Waals surface area (Å²) in [6.45, 7) is 2.17. The molecule has 0 bridgehead atoms. The minimum atomic E-state index is -0.413. The van der Waals surface area contributed by atoms with E-state index >= 15 is 0 Å². The maximum absolute atomic E-state index is 12.0. The highest BCUT2D eigenvalue weighted by Crippen LogP contribution is 2.26. The Morgan fingerprint density at radius 1 is 1.00 bits per heavy atom. The van der Waals surface area contributed by atoms with Gasteiger partial charge in [-0.25, -0.2) is 10.0 Å². The van der Waals surface area contributed by atoms with Crippen LogP contribution in [0, 0.1) is 0 Å². The van der Waals surface area contributed by atoms with Gasteiger partial charge in [-0.15, -0.1) is 0 Å². The summed E-state index contributed by atoms with van der Waals surface area (Å²) in [5.74, 6) is 0.0101. The van der Waals surface area contributed by atoms with Gasteiger partial charge in [-0.1, -0.05) is 48.5 Å². The van der Waals surface area contributed by atoms with Gasteiger partial charge in [0, 0.05) is 12.4 Å². The second kappa shape index (κ2) is 7.89. The zero-order chi connectivity index (χ0) is 20.4. The second-order valence-corrected chi connectivity index (χ2v) is 7.14. The SMILES string of the molecule is C[C@H](C(=O)N(C)O)c1ccc2cc(OCc3ccc4ccccc4n3)ccc2c1. The molecule has 29 heavy (non-hydrogen) atoms. The number of fused-ring (bicyclic) bond motifs is 2. The van der Waals surface area contributed by atoms with Gasteiger partial charge in [0.15, 0.2) is 0 Å². The summed E-state index contributed by atoms with van der Waals surface area (Å²) in [6, 6.07) is 23.7. The normalized spacial score (nSPS) is 12.1. The molecule has 5 heteroatoms. The number of benzene rings is 3. The minimum Gasteiger partial charge on any atom is -0.487 e. The van der Waals surface area contributed by atoms with E-state index in [0.29, 0.717) is 11.7 Å². The van der Waals surface area contributed by atoms with Crippen LogP contribution in [0.3, 0.4) is 0 Å². The third-order valence-corrected chi connectivity index (χ3v) is 5.07. The van der Waals surface area contributed by atoms with Crippen molar-refractivity contribution in [3.8, 4) is 5.75 Å². The lowest BCUT2D eigenvalue weighted by molar-refractivity contribution is -0.160. The first-order chi connectivity index (χ1) is 14.0. The van der Waals surface area contributed by atoms with Gasteiger partial charge < -0.3 is 4.74 Å². The van der Waals surface area contributed by atoms with Crippen molar-refractivity contribution in [2.45, 2.75) is 19.4 Å². The van der Waals surface area contributed by atoms with Crippen LogP contribution in [0.25, 0.3) is 21.7 Å². The maximum Gasteiger partial charge on any atom is 0.252 e. The number of nitrogens with zero attached hydrogens (tertiary/aromatic N) is 2. The number of likely N-dealkylation sites (N-methyl/N-ethyl adjacent to an activating group) is 1. The van der Waals surface area contributed by atoms with E-state index in [4.69, 9.17) is 4.74 Å². The topological polar surface area (TPSA) is 62.7 Å². The van der Waals surface area contributed by atoms with Crippen LogP contribution in [0.4, 0.5) is 0 Å². The molecule has 0 spiro atoms. The molecule has 0 saturated carbocycles. The number of hydrogen-bond acceptors (Lipinski definition) is 4. The van der Waals surface area contributed by atoms with Crippen molar-refractivity contribution in [3.63, 3.8) is 0 Å². The first-order valence-corrected chi connectivity index (χ1v) is 9.49. The Morgan fingerprint density at radius 3 is 2.55 bits per heavy atom. The number of hydroxylamine groups is 2. The third-order valence-electron chi connectivity index (χ3n) is 5.07. The summed E-state index contributed by atoms with van der Waals surface area (Å²) in [6.07, 6.45) is 0. The largest absolute Gasteiger partial charge is 0.487 e. The van der Waals surface area contributed by atoms with Crippen molar-refractivity contribution in [1.82, 2.24) is 10.0 Å². The van der Waals surface area contributed by atoms with Crippen LogP contribution in [0.5, 0.6) is 5.75 Å². The molecular weight excluding hydrogens is 364 g/mol. The molecule has 0 fully saturated rings. The fourth-order valence-corrected chi connectivity index (χ4v) is 3.37. The molecule has 1 heterocycles. The van der Waals surface area contributed by atoms with E-state index in [1.807, 2.05) is 66.7 Å². The van der Waals surface area contributed by atoms with Crippen molar-refractivity contribution in [1.29, 1.82) is 0 Å². The number of ether oxygens (including phenoxy) is 1. The molecular formula is C24H22N2O3. The van der Waals surface area contributed by atoms with Crippen LogP contribution >= 0.6 is 0 Å². The van der Waals surface area contributed by atoms with E-state index in [1.54, 1.807) is 6.92 Å². The molecule has 0 aliphatic carbocycles. The van der Waals surface area contributed by atoms with Crippen molar-refractivity contribution in [2.24, 2.45) is 0 Å². The lowest BCUT2D eigenvalue weighted by atomic mass is 9.97. The van der Waals surface area contributed by atoms with E-state index in [2.05, 4.69) is 11.1 Å². The number of hydrogen-bond donors (Lipinski definition) is 1. The summed E-state index contributed by atoms with van der Waals surface area (Å²) < 4.78 is 5.94. The van der Waals surface area contributed by atoms with E-state index in [0.717, 1.165) is 38.7 Å². The first-order valence-electron chi connectivity index (χ1n) is 9.49. The summed E-state index contributed by atoms with van der Waals surface area (Å²) in [5, 5.41) is 13.2. The maximum atomic E-state index is 12.0. The number of para-hydroxylation sites is 1. The second-order valence-electron chi connectivity index (χ2n) is 7.14. The zero-order valence-electron chi connectivity index (χ0n) is 16.4. The van der Waals surface area contributed by atoms with Crippen molar-refractivity contribution in [2.75, 3.05) is 7.05 Å². The van der Waals surface area contributed by atoms with E-state index in [1.165, 1.54) is 7.05 Å². The number of carbonyl (C=O) groups is 1. The molecule has 1 amide bonds.